The van der Waals surface area contributed by atoms with Crippen molar-refractivity contribution in [2.24, 2.45) is 0 Å². The number of rotatable bonds is 2. The van der Waals surface area contributed by atoms with E-state index in [1.165, 1.54) is 48.0 Å². The number of allylic oxidation sites excluding steroid dienone is 8. The van der Waals surface area contributed by atoms with E-state index < -0.39 is 0 Å². The molecule has 0 aromatic carbocycles. The first-order chi connectivity index (χ1) is 20.3. The Kier molecular flexibility index (Phi) is 43.4. The van der Waals surface area contributed by atoms with E-state index in [0.29, 0.717) is 5.89 Å². The lowest BCUT2D eigenvalue weighted by Crippen LogP contribution is -1.86. The van der Waals surface area contributed by atoms with Crippen LogP contribution in [0.1, 0.15) is 179 Å². The Morgan fingerprint density at radius 3 is 0.980 bits per heavy atom. The molecule has 0 fully saturated rings. The van der Waals surface area contributed by atoms with Crippen molar-refractivity contribution in [2.75, 3.05) is 0 Å². The molecule has 0 unspecified atom stereocenters. The molecule has 0 saturated heterocycles. The monoisotopic (exact) mass is 712 g/mol. The van der Waals surface area contributed by atoms with E-state index in [1.807, 2.05) is 44.3 Å². The van der Waals surface area contributed by atoms with Crippen LogP contribution in [0.2, 0.25) is 0 Å². The normalized spacial score (nSPS) is 11.7. The second-order valence-corrected chi connectivity index (χ2v) is 11.9. The lowest BCUT2D eigenvalue weighted by atomic mass is 10.1. The van der Waals surface area contributed by atoms with Crippen molar-refractivity contribution in [3.63, 3.8) is 0 Å². The summed E-state index contributed by atoms with van der Waals surface area (Å²) in [6, 6.07) is 7.81. The van der Waals surface area contributed by atoms with Gasteiger partial charge in [-0.2, -0.15) is 0 Å². The zero-order chi connectivity index (χ0) is 32.7. The number of hydrogen-bond donors (Lipinski definition) is 0. The standard InChI is InChI=1S/C15H13N3O.2C9H14.2C3H8.8CH4/c1-10-3-5-12(16-7-10)14-9-19-15(18-14)13-6-4-11(2)8-17-13;2*1-6-5-7(2)9(4)8(6)3;2*1-3-2;;;;;;;;/h3-9H,1-2H3;2*5H2,1-4H3;2*3H2,1-2H3;8*1H4. The third-order valence-electron chi connectivity index (χ3n) is 7.55. The van der Waals surface area contributed by atoms with Crippen LogP contribution in [-0.4, -0.2) is 15.0 Å². The minimum absolute atomic E-state index is 0. The maximum Gasteiger partial charge on any atom is 0.245 e. The number of aryl methyl sites for hydroxylation is 2. The summed E-state index contributed by atoms with van der Waals surface area (Å²) in [6.07, 6.45) is 10.1. The lowest BCUT2D eigenvalue weighted by Gasteiger charge is -1.96. The van der Waals surface area contributed by atoms with Crippen LogP contribution in [0.5, 0.6) is 0 Å². The van der Waals surface area contributed by atoms with E-state index in [1.54, 1.807) is 34.8 Å². The molecule has 2 aliphatic rings. The summed E-state index contributed by atoms with van der Waals surface area (Å²) < 4.78 is 5.46. The summed E-state index contributed by atoms with van der Waals surface area (Å²) in [5, 5.41) is 0. The minimum Gasteiger partial charge on any atom is -0.443 e. The molecule has 3 aromatic heterocycles. The van der Waals surface area contributed by atoms with Gasteiger partial charge in [0.15, 0.2) is 0 Å². The molecular formula is C47H89N3O. The molecule has 0 radical (unpaired) electrons. The fraction of sp³-hybridized carbons (Fsp3) is 0.553. The summed E-state index contributed by atoms with van der Waals surface area (Å²) in [4.78, 5) is 13.0. The molecule has 2 aliphatic carbocycles. The predicted molar refractivity (Wildman–Crippen MR) is 241 cm³/mol. The minimum atomic E-state index is 0. The molecule has 0 saturated carbocycles. The average Bonchev–Trinajstić information content (AvgIpc) is 3.61. The van der Waals surface area contributed by atoms with Crippen LogP contribution in [0.25, 0.3) is 23.0 Å². The van der Waals surface area contributed by atoms with Gasteiger partial charge in [0.25, 0.3) is 0 Å². The van der Waals surface area contributed by atoms with Gasteiger partial charge in [-0.3, -0.25) is 9.97 Å². The van der Waals surface area contributed by atoms with Gasteiger partial charge in [0, 0.05) is 12.4 Å². The van der Waals surface area contributed by atoms with Crippen molar-refractivity contribution in [2.45, 2.75) is 182 Å². The first-order valence-corrected chi connectivity index (χ1v) is 15.8. The highest BCUT2D eigenvalue weighted by atomic mass is 16.3. The van der Waals surface area contributed by atoms with Crippen LogP contribution >= 0.6 is 0 Å². The molecule has 0 amide bonds. The summed E-state index contributed by atoms with van der Waals surface area (Å²) in [6.45, 7) is 30.2. The summed E-state index contributed by atoms with van der Waals surface area (Å²) >= 11 is 0. The van der Waals surface area contributed by atoms with Gasteiger partial charge in [0.05, 0.1) is 5.69 Å². The van der Waals surface area contributed by atoms with Crippen LogP contribution < -0.4 is 0 Å². The summed E-state index contributed by atoms with van der Waals surface area (Å²) in [5.74, 6) is 0.511. The largest absolute Gasteiger partial charge is 0.443 e. The van der Waals surface area contributed by atoms with E-state index >= 15 is 0 Å². The zero-order valence-corrected chi connectivity index (χ0v) is 29.6. The summed E-state index contributed by atoms with van der Waals surface area (Å²) in [5.41, 5.74) is 16.7. The van der Waals surface area contributed by atoms with Gasteiger partial charge < -0.3 is 4.42 Å². The number of aromatic nitrogens is 3. The van der Waals surface area contributed by atoms with Gasteiger partial charge in [-0.05, 0) is 128 Å². The lowest BCUT2D eigenvalue weighted by molar-refractivity contribution is 0.572. The number of oxazole rings is 1. The first kappa shape index (κ1) is 65.8. The SMILES string of the molecule is C.C.C.C.C.C.C.C.CC1=C(C)C(C)=C(C)C1.CC1=C(C)C(C)=C(C)C1.CCC.CCC.Cc1ccc(-c2coc(-c3ccc(C)cn3)n2)nc1. The van der Waals surface area contributed by atoms with Crippen LogP contribution in [0, 0.1) is 13.8 Å². The maximum atomic E-state index is 5.46. The van der Waals surface area contributed by atoms with E-state index in [9.17, 15) is 0 Å². The molecule has 0 bridgehead atoms. The van der Waals surface area contributed by atoms with E-state index in [4.69, 9.17) is 4.42 Å². The van der Waals surface area contributed by atoms with Gasteiger partial charge in [0.1, 0.15) is 17.7 Å². The van der Waals surface area contributed by atoms with Crippen molar-refractivity contribution in [1.29, 1.82) is 0 Å². The van der Waals surface area contributed by atoms with Crippen LogP contribution in [0.3, 0.4) is 0 Å². The molecule has 4 heteroatoms. The Bertz CT molecular complexity index is 1260. The predicted octanol–water partition coefficient (Wildman–Crippen LogP) is 17.5. The molecular weight excluding hydrogens is 623 g/mol. The molecule has 298 valence electrons. The van der Waals surface area contributed by atoms with Gasteiger partial charge >= 0.3 is 0 Å². The third kappa shape index (κ3) is 21.4. The molecule has 4 nitrogen and oxygen atoms in total. The second-order valence-electron chi connectivity index (χ2n) is 11.9. The number of nitrogens with zero attached hydrogens (tertiary/aromatic N) is 3. The highest BCUT2D eigenvalue weighted by molar-refractivity contribution is 5.57. The highest BCUT2D eigenvalue weighted by Crippen LogP contribution is 2.31. The topological polar surface area (TPSA) is 51.8 Å². The van der Waals surface area contributed by atoms with Crippen LogP contribution in [-0.2, 0) is 0 Å². The molecule has 0 aliphatic heterocycles. The Balaban J connectivity index is -0.0000000837. The maximum absolute atomic E-state index is 5.46. The van der Waals surface area contributed by atoms with E-state index in [-0.39, 0.29) is 59.4 Å². The molecule has 3 heterocycles. The Morgan fingerprint density at radius 1 is 0.451 bits per heavy atom. The van der Waals surface area contributed by atoms with E-state index in [2.05, 4.69) is 98.0 Å². The van der Waals surface area contributed by atoms with Crippen LogP contribution in [0.15, 0.2) is 91.9 Å². The van der Waals surface area contributed by atoms with Gasteiger partial charge in [-0.25, -0.2) is 4.98 Å². The van der Waals surface area contributed by atoms with Crippen molar-refractivity contribution in [3.05, 3.63) is 98.6 Å². The molecule has 0 N–H and O–H groups in total. The molecule has 0 spiro atoms. The van der Waals surface area contributed by atoms with E-state index in [0.717, 1.165) is 28.2 Å². The molecule has 0 atom stereocenters. The zero-order valence-electron chi connectivity index (χ0n) is 29.6. The van der Waals surface area contributed by atoms with Crippen molar-refractivity contribution >= 4 is 0 Å². The Hall–Kier alpha value is -3.53. The smallest absolute Gasteiger partial charge is 0.245 e. The first-order valence-electron chi connectivity index (χ1n) is 15.8. The molecule has 5 rings (SSSR count). The van der Waals surface area contributed by atoms with Crippen LogP contribution in [0.4, 0.5) is 0 Å². The average molecular weight is 712 g/mol. The number of hydrogen-bond acceptors (Lipinski definition) is 4. The number of pyridine rings is 2. The van der Waals surface area contributed by atoms with Crippen molar-refractivity contribution < 1.29 is 4.42 Å². The Morgan fingerprint density at radius 2 is 0.745 bits per heavy atom. The second kappa shape index (κ2) is 33.6. The highest BCUT2D eigenvalue weighted by Gasteiger charge is 2.12. The van der Waals surface area contributed by atoms with Crippen molar-refractivity contribution in [1.82, 2.24) is 15.0 Å². The van der Waals surface area contributed by atoms with Gasteiger partial charge in [-0.15, -0.1) is 0 Å². The Labute approximate surface area is 322 Å². The molecule has 51 heavy (non-hydrogen) atoms. The van der Waals surface area contributed by atoms with Gasteiger partial charge in [0.2, 0.25) is 5.89 Å². The third-order valence-corrected chi connectivity index (χ3v) is 7.55. The molecule has 3 aromatic rings. The van der Waals surface area contributed by atoms with Crippen molar-refractivity contribution in [3.8, 4) is 23.0 Å². The van der Waals surface area contributed by atoms with Gasteiger partial charge in [-0.1, -0.05) is 134 Å². The quantitative estimate of drug-likeness (QED) is 0.265. The summed E-state index contributed by atoms with van der Waals surface area (Å²) in [7, 11) is 0. The fourth-order valence-corrected chi connectivity index (χ4v) is 4.33. The fourth-order valence-electron chi connectivity index (χ4n) is 4.33.